The third-order valence-corrected chi connectivity index (χ3v) is 5.41. The molecule has 0 atom stereocenters. The molecular formula is C19H25N5O4S. The van der Waals surface area contributed by atoms with Crippen molar-refractivity contribution in [1.82, 2.24) is 10.6 Å². The van der Waals surface area contributed by atoms with Crippen LogP contribution in [0.5, 0.6) is 0 Å². The van der Waals surface area contributed by atoms with Crippen molar-refractivity contribution < 1.29 is 13.3 Å². The maximum atomic E-state index is 11.7. The highest BCUT2D eigenvalue weighted by atomic mass is 32.2. The summed E-state index contributed by atoms with van der Waals surface area (Å²) in [6.45, 7) is 3.20. The van der Waals surface area contributed by atoms with Crippen molar-refractivity contribution in [3.63, 3.8) is 0 Å². The average Bonchev–Trinajstić information content (AvgIpc) is 2.66. The third-order valence-electron chi connectivity index (χ3n) is 4.16. The first kappa shape index (κ1) is 22.2. The molecule has 0 aromatic heterocycles. The maximum absolute atomic E-state index is 11.7. The first-order chi connectivity index (χ1) is 13.7. The fourth-order valence-electron chi connectivity index (χ4n) is 2.80. The number of anilines is 1. The van der Waals surface area contributed by atoms with Gasteiger partial charge in [-0.15, -0.1) is 0 Å². The molecule has 0 aliphatic carbocycles. The van der Waals surface area contributed by atoms with Crippen LogP contribution in [0.2, 0.25) is 0 Å². The van der Waals surface area contributed by atoms with Gasteiger partial charge in [0.05, 0.1) is 9.82 Å². The summed E-state index contributed by atoms with van der Waals surface area (Å²) in [4.78, 5) is 15.1. The molecule has 3 N–H and O–H groups in total. The summed E-state index contributed by atoms with van der Waals surface area (Å²) in [6.07, 6.45) is 1.19. The molecule has 0 aliphatic rings. The van der Waals surface area contributed by atoms with Crippen LogP contribution in [-0.2, 0) is 16.4 Å². The monoisotopic (exact) mass is 419 g/mol. The molecule has 2 aromatic rings. The minimum absolute atomic E-state index is 0.0305. The summed E-state index contributed by atoms with van der Waals surface area (Å²) < 4.78 is 23.4. The van der Waals surface area contributed by atoms with E-state index >= 15 is 0 Å². The summed E-state index contributed by atoms with van der Waals surface area (Å²) >= 11 is 0. The largest absolute Gasteiger partial charge is 0.378 e. The van der Waals surface area contributed by atoms with Gasteiger partial charge in [0, 0.05) is 39.0 Å². The Morgan fingerprint density at radius 1 is 1.14 bits per heavy atom. The van der Waals surface area contributed by atoms with Crippen LogP contribution < -0.4 is 16.0 Å². The minimum atomic E-state index is -3.24. The Kier molecular flexibility index (Phi) is 7.54. The van der Waals surface area contributed by atoms with Crippen molar-refractivity contribution in [3.8, 4) is 0 Å². The number of hydrogen-bond donors (Lipinski definition) is 3. The van der Waals surface area contributed by atoms with Gasteiger partial charge in [0.15, 0.2) is 15.8 Å². The van der Waals surface area contributed by atoms with E-state index in [1.165, 1.54) is 12.3 Å². The van der Waals surface area contributed by atoms with Crippen molar-refractivity contribution in [2.45, 2.75) is 18.4 Å². The minimum Gasteiger partial charge on any atom is -0.378 e. The second-order valence-electron chi connectivity index (χ2n) is 6.43. The zero-order valence-corrected chi connectivity index (χ0v) is 17.4. The lowest BCUT2D eigenvalue weighted by molar-refractivity contribution is -0.384. The van der Waals surface area contributed by atoms with Crippen molar-refractivity contribution in [2.24, 2.45) is 4.99 Å². The summed E-state index contributed by atoms with van der Waals surface area (Å²) in [7, 11) is -1.60. The molecule has 0 unspecified atom stereocenters. The van der Waals surface area contributed by atoms with E-state index in [1.807, 2.05) is 6.07 Å². The van der Waals surface area contributed by atoms with E-state index in [-0.39, 0.29) is 5.69 Å². The summed E-state index contributed by atoms with van der Waals surface area (Å²) in [5, 5.41) is 20.3. The number of nitro groups is 1. The molecule has 0 radical (unpaired) electrons. The number of nitrogens with one attached hydrogen (secondary N) is 3. The molecule has 0 aliphatic heterocycles. The maximum Gasteiger partial charge on any atom is 0.292 e. The molecule has 0 spiro atoms. The normalized spacial score (nSPS) is 11.8. The Morgan fingerprint density at radius 2 is 1.86 bits per heavy atom. The van der Waals surface area contributed by atoms with Gasteiger partial charge in [-0.2, -0.15) is 0 Å². The van der Waals surface area contributed by atoms with Crippen LogP contribution in [0.4, 0.5) is 11.4 Å². The molecule has 0 amide bonds. The highest BCUT2D eigenvalue weighted by molar-refractivity contribution is 7.90. The smallest absolute Gasteiger partial charge is 0.292 e. The topological polar surface area (TPSA) is 126 Å². The molecule has 0 fully saturated rings. The molecule has 2 rings (SSSR count). The van der Waals surface area contributed by atoms with Crippen LogP contribution in [0, 0.1) is 17.0 Å². The van der Waals surface area contributed by atoms with Gasteiger partial charge in [0.25, 0.3) is 5.69 Å². The number of nitrogens with zero attached hydrogens (tertiary/aromatic N) is 2. The van der Waals surface area contributed by atoms with Crippen LogP contribution in [-0.4, -0.2) is 45.7 Å². The van der Waals surface area contributed by atoms with Crippen molar-refractivity contribution >= 4 is 27.2 Å². The number of nitro benzene ring substituents is 1. The summed E-state index contributed by atoms with van der Waals surface area (Å²) in [6, 6.07) is 11.7. The Morgan fingerprint density at radius 3 is 2.48 bits per heavy atom. The quantitative estimate of drug-likeness (QED) is 0.197. The van der Waals surface area contributed by atoms with Gasteiger partial charge in [-0.25, -0.2) is 8.42 Å². The van der Waals surface area contributed by atoms with Crippen LogP contribution in [0.25, 0.3) is 0 Å². The molecule has 0 saturated heterocycles. The first-order valence-electron chi connectivity index (χ1n) is 8.93. The number of rotatable bonds is 8. The second kappa shape index (κ2) is 9.87. The van der Waals surface area contributed by atoms with Gasteiger partial charge < -0.3 is 16.0 Å². The Hall–Kier alpha value is -3.14. The van der Waals surface area contributed by atoms with Crippen LogP contribution >= 0.6 is 0 Å². The Balaban J connectivity index is 1.85. The van der Waals surface area contributed by atoms with Crippen molar-refractivity contribution in [1.29, 1.82) is 0 Å². The fraction of sp³-hybridized carbons (Fsp3) is 0.316. The van der Waals surface area contributed by atoms with Crippen LogP contribution in [0.1, 0.15) is 11.1 Å². The molecule has 156 valence electrons. The summed E-state index contributed by atoms with van der Waals surface area (Å²) in [5.41, 5.74) is 2.12. The van der Waals surface area contributed by atoms with Gasteiger partial charge in [-0.1, -0.05) is 24.3 Å². The number of guanidine groups is 1. The molecule has 29 heavy (non-hydrogen) atoms. The molecule has 10 heteroatoms. The number of aliphatic imine (C=N–C) groups is 1. The molecule has 9 nitrogen and oxygen atoms in total. The zero-order chi connectivity index (χ0) is 21.4. The lowest BCUT2D eigenvalue weighted by atomic mass is 10.1. The first-order valence-corrected chi connectivity index (χ1v) is 10.8. The van der Waals surface area contributed by atoms with E-state index in [1.54, 1.807) is 44.3 Å². The number of benzene rings is 2. The molecular weight excluding hydrogens is 394 g/mol. The van der Waals surface area contributed by atoms with Crippen molar-refractivity contribution in [2.75, 3.05) is 31.7 Å². The lowest BCUT2D eigenvalue weighted by Crippen LogP contribution is -2.39. The number of hydrogen-bond acceptors (Lipinski definition) is 6. The van der Waals surface area contributed by atoms with E-state index in [4.69, 9.17) is 0 Å². The van der Waals surface area contributed by atoms with Gasteiger partial charge in [-0.05, 0) is 30.2 Å². The SMILES string of the molecule is CN=C(NCCNc1ccccc1[N+](=O)[O-])NCc1ccc(S(C)(=O)=O)c(C)c1. The van der Waals surface area contributed by atoms with E-state index in [9.17, 15) is 18.5 Å². The van der Waals surface area contributed by atoms with E-state index in [2.05, 4.69) is 20.9 Å². The Labute approximate surface area is 170 Å². The molecule has 0 saturated carbocycles. The molecule has 2 aromatic carbocycles. The molecule has 0 heterocycles. The third kappa shape index (κ3) is 6.46. The number of para-hydroxylation sites is 2. The van der Waals surface area contributed by atoms with E-state index in [0.717, 1.165) is 5.56 Å². The fourth-order valence-corrected chi connectivity index (χ4v) is 3.76. The second-order valence-corrected chi connectivity index (χ2v) is 8.41. The van der Waals surface area contributed by atoms with Gasteiger partial charge in [0.1, 0.15) is 5.69 Å². The van der Waals surface area contributed by atoms with Crippen LogP contribution in [0.3, 0.4) is 0 Å². The number of aryl methyl sites for hydroxylation is 1. The lowest BCUT2D eigenvalue weighted by Gasteiger charge is -2.13. The predicted octanol–water partition coefficient (Wildman–Crippen LogP) is 2.08. The van der Waals surface area contributed by atoms with Gasteiger partial charge >= 0.3 is 0 Å². The standard InChI is InChI=1S/C19H25N5O4S/c1-14-12-15(8-9-18(14)29(3,27)28)13-23-19(20-2)22-11-10-21-16-6-4-5-7-17(16)24(25)26/h4-9,12,21H,10-11,13H2,1-3H3,(H2,20,22,23). The Bertz CT molecular complexity index is 1010. The van der Waals surface area contributed by atoms with Gasteiger partial charge in [0.2, 0.25) is 0 Å². The highest BCUT2D eigenvalue weighted by Crippen LogP contribution is 2.22. The van der Waals surface area contributed by atoms with Crippen LogP contribution in [0.15, 0.2) is 52.4 Å². The van der Waals surface area contributed by atoms with E-state index < -0.39 is 14.8 Å². The molecule has 0 bridgehead atoms. The van der Waals surface area contributed by atoms with E-state index in [0.29, 0.717) is 41.7 Å². The predicted molar refractivity (Wildman–Crippen MR) is 114 cm³/mol. The average molecular weight is 420 g/mol. The van der Waals surface area contributed by atoms with Crippen molar-refractivity contribution in [3.05, 3.63) is 63.7 Å². The summed E-state index contributed by atoms with van der Waals surface area (Å²) in [5.74, 6) is 0.569. The zero-order valence-electron chi connectivity index (χ0n) is 16.6. The highest BCUT2D eigenvalue weighted by Gasteiger charge is 2.12. The number of sulfone groups is 1. The van der Waals surface area contributed by atoms with Gasteiger partial charge in [-0.3, -0.25) is 15.1 Å².